The van der Waals surface area contributed by atoms with E-state index in [-0.39, 0.29) is 31.3 Å². The van der Waals surface area contributed by atoms with Gasteiger partial charge >= 0.3 is 6.09 Å². The number of hydrogen-bond donors (Lipinski definition) is 3. The largest absolute Gasteiger partial charge is 0.445 e. The molecular formula is C35H36N8O5. The molecule has 0 aliphatic carbocycles. The molecule has 13 nitrogen and oxygen atoms in total. The molecule has 5 rings (SSSR count). The molecule has 3 N–H and O–H groups in total. The van der Waals surface area contributed by atoms with E-state index < -0.39 is 12.1 Å². The van der Waals surface area contributed by atoms with E-state index in [2.05, 4.69) is 44.2 Å². The number of carbonyl (C=O) groups excluding carboxylic acids is 3. The van der Waals surface area contributed by atoms with Crippen LogP contribution in [-0.4, -0.2) is 50.2 Å². The molecule has 0 spiro atoms. The maximum absolute atomic E-state index is 13.5. The van der Waals surface area contributed by atoms with E-state index in [1.54, 1.807) is 28.8 Å². The summed E-state index contributed by atoms with van der Waals surface area (Å²) in [6.45, 7) is 2.44. The van der Waals surface area contributed by atoms with Crippen molar-refractivity contribution in [1.82, 2.24) is 25.2 Å². The normalized spacial score (nSPS) is 11.4. The van der Waals surface area contributed by atoms with Gasteiger partial charge in [-0.25, -0.2) is 14.4 Å². The average Bonchev–Trinajstić information content (AvgIpc) is 3.72. The molecule has 48 heavy (non-hydrogen) atoms. The number of benzene rings is 3. The highest BCUT2D eigenvalue weighted by Crippen LogP contribution is 2.28. The molecule has 0 saturated heterocycles. The third-order valence-corrected chi connectivity index (χ3v) is 7.58. The summed E-state index contributed by atoms with van der Waals surface area (Å²) in [6, 6.07) is 24.5. The van der Waals surface area contributed by atoms with Crippen LogP contribution in [-0.2, 0) is 22.7 Å². The Morgan fingerprint density at radius 2 is 1.75 bits per heavy atom. The summed E-state index contributed by atoms with van der Waals surface area (Å²) in [7, 11) is 0. The van der Waals surface area contributed by atoms with Gasteiger partial charge in [-0.2, -0.15) is 5.26 Å². The number of rotatable bonds is 16. The quantitative estimate of drug-likeness (QED) is 0.0836. The molecule has 2 aromatic heterocycles. The van der Waals surface area contributed by atoms with Crippen molar-refractivity contribution < 1.29 is 23.7 Å². The van der Waals surface area contributed by atoms with Gasteiger partial charge in [0.15, 0.2) is 17.3 Å². The molecule has 0 radical (unpaired) electrons. The van der Waals surface area contributed by atoms with Crippen LogP contribution in [0.3, 0.4) is 0 Å². The molecule has 0 aliphatic rings. The topological polar surface area (TPSA) is 177 Å². The van der Waals surface area contributed by atoms with Gasteiger partial charge in [-0.1, -0.05) is 68.7 Å². The highest BCUT2D eigenvalue weighted by molar-refractivity contribution is 5.99. The molecule has 13 heteroatoms. The molecule has 0 aliphatic heterocycles. The number of alkyl carbamates (subject to hydrolysis) is 1. The van der Waals surface area contributed by atoms with Gasteiger partial charge in [0.1, 0.15) is 12.6 Å². The Labute approximate surface area is 277 Å². The minimum Gasteiger partial charge on any atom is -0.445 e. The van der Waals surface area contributed by atoms with Crippen molar-refractivity contribution in [2.24, 2.45) is 0 Å². The van der Waals surface area contributed by atoms with Crippen molar-refractivity contribution in [3.63, 3.8) is 0 Å². The number of anilines is 2. The summed E-state index contributed by atoms with van der Waals surface area (Å²) in [5.41, 5.74) is 3.45. The number of nitrogens with zero attached hydrogens (tertiary/aromatic N) is 5. The number of nitrogens with one attached hydrogen (secondary N) is 3. The third kappa shape index (κ3) is 8.61. The standard InChI is InChI=1S/C35H36N8O5/c1-2-3-5-14-28(40-35(46)47-23-24-11-6-4-7-12-24)34(45)38-26-18-16-25(17-19-26)30(44)22-43-29-15-9-8-13-27(29)39-33(43)31-32(42-48-41-31)37-21-10-20-36/h4,6-9,11-13,15-19,28H,2-3,5,10,14,21-23H2,1H3,(H,37,42)(H,38,45)(H,40,46)/t28-/m0/s1. The maximum Gasteiger partial charge on any atom is 0.408 e. The fourth-order valence-electron chi connectivity index (χ4n) is 5.08. The van der Waals surface area contributed by atoms with Gasteiger partial charge < -0.3 is 25.3 Å². The van der Waals surface area contributed by atoms with E-state index in [0.717, 1.165) is 30.3 Å². The smallest absolute Gasteiger partial charge is 0.408 e. The van der Waals surface area contributed by atoms with E-state index in [4.69, 9.17) is 14.6 Å². The van der Waals surface area contributed by atoms with E-state index in [1.165, 1.54) is 0 Å². The number of aromatic nitrogens is 4. The lowest BCUT2D eigenvalue weighted by Crippen LogP contribution is -2.44. The highest BCUT2D eigenvalue weighted by atomic mass is 16.6. The van der Waals surface area contributed by atoms with Crippen LogP contribution in [0.25, 0.3) is 22.6 Å². The number of nitriles is 1. The number of para-hydroxylation sites is 2. The van der Waals surface area contributed by atoms with Gasteiger partial charge in [0.05, 0.1) is 30.1 Å². The minimum atomic E-state index is -0.792. The summed E-state index contributed by atoms with van der Waals surface area (Å²) in [6.07, 6.45) is 2.68. The van der Waals surface area contributed by atoms with Crippen LogP contribution >= 0.6 is 0 Å². The Balaban J connectivity index is 1.26. The SMILES string of the molecule is CCCCC[C@H](NC(=O)OCc1ccccc1)C(=O)Nc1ccc(C(=O)Cn2c(-c3nonc3NCCC#N)nc3ccccc32)cc1. The summed E-state index contributed by atoms with van der Waals surface area (Å²) in [4.78, 5) is 44.0. The number of unbranched alkanes of at least 4 members (excludes halogenated alkanes) is 2. The van der Waals surface area contributed by atoms with Crippen LogP contribution < -0.4 is 16.0 Å². The Kier molecular flexibility index (Phi) is 11.5. The monoisotopic (exact) mass is 648 g/mol. The van der Waals surface area contributed by atoms with Crippen LogP contribution in [0.15, 0.2) is 83.5 Å². The first-order valence-corrected chi connectivity index (χ1v) is 15.8. The fraction of sp³-hybridized carbons (Fsp3) is 0.286. The maximum atomic E-state index is 13.5. The molecule has 0 bridgehead atoms. The molecule has 0 fully saturated rings. The van der Waals surface area contributed by atoms with Crippen molar-refractivity contribution in [1.29, 1.82) is 5.26 Å². The second kappa shape index (κ2) is 16.5. The molecule has 5 aromatic rings. The summed E-state index contributed by atoms with van der Waals surface area (Å²) in [5, 5.41) is 25.4. The number of Topliss-reactive ketones (excluding diaryl/α,β-unsaturated/α-hetero) is 1. The first kappa shape index (κ1) is 33.3. The first-order chi connectivity index (χ1) is 23.5. The molecule has 2 heterocycles. The van der Waals surface area contributed by atoms with Gasteiger partial charge in [0, 0.05) is 17.8 Å². The lowest BCUT2D eigenvalue weighted by atomic mass is 10.1. The number of ether oxygens (including phenoxy) is 1. The fourth-order valence-corrected chi connectivity index (χ4v) is 5.08. The number of imidazole rings is 1. The van der Waals surface area contributed by atoms with Crippen molar-refractivity contribution in [2.45, 2.75) is 58.2 Å². The van der Waals surface area contributed by atoms with E-state index in [9.17, 15) is 14.4 Å². The second-order valence-corrected chi connectivity index (χ2v) is 11.1. The Hall–Kier alpha value is -6.03. The summed E-state index contributed by atoms with van der Waals surface area (Å²) < 4.78 is 12.0. The zero-order chi connectivity index (χ0) is 33.7. The van der Waals surface area contributed by atoms with Gasteiger partial charge in [-0.15, -0.1) is 0 Å². The lowest BCUT2D eigenvalue weighted by Gasteiger charge is -2.18. The van der Waals surface area contributed by atoms with Crippen molar-refractivity contribution in [3.8, 4) is 17.6 Å². The predicted molar refractivity (Wildman–Crippen MR) is 179 cm³/mol. The molecule has 1 atom stereocenters. The average molecular weight is 649 g/mol. The Morgan fingerprint density at radius 3 is 2.52 bits per heavy atom. The number of hydrogen-bond acceptors (Lipinski definition) is 10. The van der Waals surface area contributed by atoms with E-state index in [0.29, 0.717) is 47.1 Å². The third-order valence-electron chi connectivity index (χ3n) is 7.58. The Bertz CT molecular complexity index is 1880. The van der Waals surface area contributed by atoms with E-state index in [1.807, 2.05) is 54.6 Å². The molecule has 0 unspecified atom stereocenters. The van der Waals surface area contributed by atoms with Gasteiger partial charge in [-0.3, -0.25) is 9.59 Å². The number of ketones is 1. The van der Waals surface area contributed by atoms with Crippen LogP contribution in [0.2, 0.25) is 0 Å². The van der Waals surface area contributed by atoms with E-state index >= 15 is 0 Å². The molecular weight excluding hydrogens is 612 g/mol. The van der Waals surface area contributed by atoms with Crippen LogP contribution in [0.5, 0.6) is 0 Å². The van der Waals surface area contributed by atoms with Crippen molar-refractivity contribution in [3.05, 3.63) is 90.0 Å². The molecule has 3 aromatic carbocycles. The number of carbonyl (C=O) groups is 3. The van der Waals surface area contributed by atoms with Crippen LogP contribution in [0, 0.1) is 11.3 Å². The van der Waals surface area contributed by atoms with Gasteiger partial charge in [-0.05, 0) is 58.7 Å². The highest BCUT2D eigenvalue weighted by Gasteiger charge is 2.24. The van der Waals surface area contributed by atoms with Gasteiger partial charge in [0.2, 0.25) is 11.7 Å². The molecule has 2 amide bonds. The Morgan fingerprint density at radius 1 is 0.979 bits per heavy atom. The molecule has 0 saturated carbocycles. The van der Waals surface area contributed by atoms with Crippen LogP contribution in [0.1, 0.15) is 54.9 Å². The summed E-state index contributed by atoms with van der Waals surface area (Å²) >= 11 is 0. The van der Waals surface area contributed by atoms with Crippen molar-refractivity contribution >= 4 is 40.3 Å². The number of fused-ring (bicyclic) bond motifs is 1. The minimum absolute atomic E-state index is 0.0550. The molecule has 246 valence electrons. The second-order valence-electron chi connectivity index (χ2n) is 11.1. The van der Waals surface area contributed by atoms with Gasteiger partial charge in [0.25, 0.3) is 0 Å². The zero-order valence-corrected chi connectivity index (χ0v) is 26.5. The first-order valence-electron chi connectivity index (χ1n) is 15.8. The zero-order valence-electron chi connectivity index (χ0n) is 26.5. The lowest BCUT2D eigenvalue weighted by molar-refractivity contribution is -0.118. The van der Waals surface area contributed by atoms with Crippen LogP contribution in [0.4, 0.5) is 16.3 Å². The predicted octanol–water partition coefficient (Wildman–Crippen LogP) is 6.11. The number of amides is 2. The summed E-state index contributed by atoms with van der Waals surface area (Å²) in [5.74, 6) is 0.129. The van der Waals surface area contributed by atoms with Crippen molar-refractivity contribution in [2.75, 3.05) is 17.2 Å².